The van der Waals surface area contributed by atoms with Gasteiger partial charge in [0, 0.05) is 25.3 Å². The third-order valence-electron chi connectivity index (χ3n) is 6.09. The van der Waals surface area contributed by atoms with Gasteiger partial charge in [-0.1, -0.05) is 30.2 Å². The molecule has 0 bridgehead atoms. The summed E-state index contributed by atoms with van der Waals surface area (Å²) < 4.78 is 6.11. The number of ether oxygens (including phenoxy) is 1. The van der Waals surface area contributed by atoms with Gasteiger partial charge in [-0.15, -0.1) is 5.10 Å². The largest absolute Gasteiger partial charge is 0.492 e. The van der Waals surface area contributed by atoms with Crippen LogP contribution >= 0.6 is 0 Å². The molecule has 1 aromatic heterocycles. The number of hydrogen-bond donors (Lipinski definition) is 1. The molecule has 1 aromatic carbocycles. The Bertz CT molecular complexity index is 892. The predicted molar refractivity (Wildman–Crippen MR) is 122 cm³/mol. The van der Waals surface area contributed by atoms with E-state index in [2.05, 4.69) is 51.7 Å². The van der Waals surface area contributed by atoms with Crippen molar-refractivity contribution in [3.63, 3.8) is 0 Å². The molecule has 1 unspecified atom stereocenters. The van der Waals surface area contributed by atoms with Crippen molar-refractivity contribution in [3.8, 4) is 5.75 Å². The summed E-state index contributed by atoms with van der Waals surface area (Å²) in [5.74, 6) is 1.40. The number of likely N-dealkylation sites (N-methyl/N-ethyl adjacent to an activating group) is 1. The molecule has 2 aliphatic rings. The van der Waals surface area contributed by atoms with Crippen LogP contribution < -0.4 is 10.1 Å². The summed E-state index contributed by atoms with van der Waals surface area (Å²) in [7, 11) is 2.19. The van der Waals surface area contributed by atoms with Gasteiger partial charge < -0.3 is 14.5 Å². The first-order valence-corrected chi connectivity index (χ1v) is 11.1. The second-order valence-corrected chi connectivity index (χ2v) is 8.34. The Balaban J connectivity index is 1.28. The van der Waals surface area contributed by atoms with Crippen LogP contribution in [0.1, 0.15) is 37.7 Å². The number of piperidine rings is 2. The van der Waals surface area contributed by atoms with E-state index in [1.165, 1.54) is 24.8 Å². The molecule has 2 aromatic rings. The standard InChI is InChI=1S/C24H31N5O2/c1-28-13-3-2-7-21(28)18-31-22-8-4-6-20(17-22)16-19-10-14-29(15-11-19)24(30)26-23-9-5-12-25-27-23/h4-6,8-9,12,16-17,21H,2-3,7,10-11,13-15,18H2,1H3,(H,26,27,30). The molecule has 0 spiro atoms. The molecule has 2 saturated heterocycles. The summed E-state index contributed by atoms with van der Waals surface area (Å²) in [6.45, 7) is 3.30. The molecule has 7 heteroatoms. The Morgan fingerprint density at radius 2 is 2.06 bits per heavy atom. The van der Waals surface area contributed by atoms with Crippen molar-refractivity contribution < 1.29 is 9.53 Å². The van der Waals surface area contributed by atoms with Gasteiger partial charge >= 0.3 is 6.03 Å². The van der Waals surface area contributed by atoms with E-state index in [-0.39, 0.29) is 6.03 Å². The quantitative estimate of drug-likeness (QED) is 0.789. The van der Waals surface area contributed by atoms with Crippen molar-refractivity contribution >= 4 is 17.9 Å². The van der Waals surface area contributed by atoms with Crippen LogP contribution in [0.4, 0.5) is 10.6 Å². The van der Waals surface area contributed by atoms with E-state index in [4.69, 9.17) is 4.74 Å². The highest BCUT2D eigenvalue weighted by Gasteiger charge is 2.20. The van der Waals surface area contributed by atoms with Crippen molar-refractivity contribution in [2.75, 3.05) is 38.6 Å². The van der Waals surface area contributed by atoms with Crippen LogP contribution in [0.3, 0.4) is 0 Å². The van der Waals surface area contributed by atoms with Gasteiger partial charge in [-0.3, -0.25) is 5.32 Å². The summed E-state index contributed by atoms with van der Waals surface area (Å²) in [4.78, 5) is 16.6. The predicted octanol–water partition coefficient (Wildman–Crippen LogP) is 4.05. The maximum absolute atomic E-state index is 12.4. The zero-order valence-corrected chi connectivity index (χ0v) is 18.2. The van der Waals surface area contributed by atoms with Gasteiger partial charge in [0.1, 0.15) is 12.4 Å². The first kappa shape index (κ1) is 21.3. The molecule has 4 rings (SSSR count). The normalized spacial score (nSPS) is 19.7. The average molecular weight is 422 g/mol. The molecule has 1 atom stereocenters. The van der Waals surface area contributed by atoms with Gasteiger partial charge in [0.2, 0.25) is 0 Å². The van der Waals surface area contributed by atoms with Crippen molar-refractivity contribution in [3.05, 3.63) is 53.7 Å². The number of amides is 2. The lowest BCUT2D eigenvalue weighted by Gasteiger charge is -2.32. The minimum atomic E-state index is -0.123. The highest BCUT2D eigenvalue weighted by molar-refractivity contribution is 5.88. The Labute approximate surface area is 184 Å². The molecule has 2 aliphatic heterocycles. The lowest BCUT2D eigenvalue weighted by molar-refractivity contribution is 0.125. The number of rotatable bonds is 5. The fraction of sp³-hybridized carbons (Fsp3) is 0.458. The number of urea groups is 1. The fourth-order valence-corrected chi connectivity index (χ4v) is 4.18. The van der Waals surface area contributed by atoms with E-state index in [1.54, 1.807) is 18.3 Å². The van der Waals surface area contributed by atoms with E-state index in [9.17, 15) is 4.79 Å². The second-order valence-electron chi connectivity index (χ2n) is 8.34. The Hall–Kier alpha value is -2.93. The molecule has 7 nitrogen and oxygen atoms in total. The molecule has 0 saturated carbocycles. The lowest BCUT2D eigenvalue weighted by atomic mass is 10.0. The third kappa shape index (κ3) is 6.04. The van der Waals surface area contributed by atoms with E-state index in [0.717, 1.165) is 37.3 Å². The zero-order valence-electron chi connectivity index (χ0n) is 18.2. The summed E-state index contributed by atoms with van der Waals surface area (Å²) in [6, 6.07) is 12.2. The molecule has 0 radical (unpaired) electrons. The number of nitrogens with zero attached hydrogens (tertiary/aromatic N) is 4. The maximum Gasteiger partial charge on any atom is 0.323 e. The number of nitrogens with one attached hydrogen (secondary N) is 1. The summed E-state index contributed by atoms with van der Waals surface area (Å²) in [5.41, 5.74) is 2.51. The second kappa shape index (κ2) is 10.4. The van der Waals surface area contributed by atoms with Gasteiger partial charge in [-0.25, -0.2) is 4.79 Å². The lowest BCUT2D eigenvalue weighted by Crippen LogP contribution is -2.40. The first-order chi connectivity index (χ1) is 15.2. The third-order valence-corrected chi connectivity index (χ3v) is 6.09. The highest BCUT2D eigenvalue weighted by Crippen LogP contribution is 2.23. The van der Waals surface area contributed by atoms with E-state index >= 15 is 0 Å². The topological polar surface area (TPSA) is 70.6 Å². The van der Waals surface area contributed by atoms with Gasteiger partial charge in [0.25, 0.3) is 0 Å². The van der Waals surface area contributed by atoms with Crippen LogP contribution in [0.2, 0.25) is 0 Å². The molecule has 3 heterocycles. The van der Waals surface area contributed by atoms with Crippen LogP contribution in [-0.2, 0) is 0 Å². The van der Waals surface area contributed by atoms with Crippen LogP contribution in [0.15, 0.2) is 48.2 Å². The van der Waals surface area contributed by atoms with Gasteiger partial charge in [0.05, 0.1) is 0 Å². The van der Waals surface area contributed by atoms with Crippen LogP contribution in [0.5, 0.6) is 5.75 Å². The summed E-state index contributed by atoms with van der Waals surface area (Å²) >= 11 is 0. The van der Waals surface area contributed by atoms with Crippen LogP contribution in [-0.4, -0.2) is 65.4 Å². The molecule has 2 fully saturated rings. The van der Waals surface area contributed by atoms with Crippen molar-refractivity contribution in [1.29, 1.82) is 0 Å². The summed E-state index contributed by atoms with van der Waals surface area (Å²) in [5, 5.41) is 10.5. The monoisotopic (exact) mass is 421 g/mol. The molecule has 2 amide bonds. The minimum absolute atomic E-state index is 0.123. The molecule has 31 heavy (non-hydrogen) atoms. The molecular formula is C24H31N5O2. The highest BCUT2D eigenvalue weighted by atomic mass is 16.5. The van der Waals surface area contributed by atoms with Crippen molar-refractivity contribution in [2.24, 2.45) is 0 Å². The number of carbonyl (C=O) groups excluding carboxylic acids is 1. The number of anilines is 1. The number of likely N-dealkylation sites (tertiary alicyclic amines) is 2. The van der Waals surface area contributed by atoms with E-state index in [0.29, 0.717) is 24.9 Å². The number of carbonyl (C=O) groups is 1. The Morgan fingerprint density at radius 3 is 2.84 bits per heavy atom. The van der Waals surface area contributed by atoms with E-state index in [1.807, 2.05) is 11.0 Å². The molecule has 164 valence electrons. The van der Waals surface area contributed by atoms with Crippen LogP contribution in [0, 0.1) is 0 Å². The SMILES string of the molecule is CN1CCCCC1COc1cccc(C=C2CCN(C(=O)Nc3cccnn3)CC2)c1. The smallest absolute Gasteiger partial charge is 0.323 e. The number of benzene rings is 1. The van der Waals surface area contributed by atoms with Gasteiger partial charge in [-0.2, -0.15) is 5.10 Å². The van der Waals surface area contributed by atoms with Gasteiger partial charge in [0.15, 0.2) is 5.82 Å². The molecule has 1 N–H and O–H groups in total. The number of hydrogen-bond acceptors (Lipinski definition) is 5. The molecular weight excluding hydrogens is 390 g/mol. The van der Waals surface area contributed by atoms with E-state index < -0.39 is 0 Å². The summed E-state index contributed by atoms with van der Waals surface area (Å²) in [6.07, 6.45) is 9.34. The number of aromatic nitrogens is 2. The minimum Gasteiger partial charge on any atom is -0.492 e. The Morgan fingerprint density at radius 1 is 1.19 bits per heavy atom. The van der Waals surface area contributed by atoms with Gasteiger partial charge in [-0.05, 0) is 69.1 Å². The fourth-order valence-electron chi connectivity index (χ4n) is 4.18. The Kier molecular flexibility index (Phi) is 7.14. The maximum atomic E-state index is 12.4. The van der Waals surface area contributed by atoms with Crippen LogP contribution in [0.25, 0.3) is 6.08 Å². The zero-order chi connectivity index (χ0) is 21.5. The first-order valence-electron chi connectivity index (χ1n) is 11.1. The van der Waals surface area contributed by atoms with Crippen molar-refractivity contribution in [1.82, 2.24) is 20.0 Å². The average Bonchev–Trinajstić information content (AvgIpc) is 2.80. The van der Waals surface area contributed by atoms with Crippen molar-refractivity contribution in [2.45, 2.75) is 38.1 Å². The molecule has 0 aliphatic carbocycles.